The fourth-order valence-electron chi connectivity index (χ4n) is 6.88. The molecule has 10 heteroatoms. The summed E-state index contributed by atoms with van der Waals surface area (Å²) in [5.74, 6) is -0.176. The maximum Gasteiger partial charge on any atom is 0.318 e. The van der Waals surface area contributed by atoms with Gasteiger partial charge in [0, 0.05) is 55.9 Å². The minimum absolute atomic E-state index is 0.0741. The van der Waals surface area contributed by atoms with E-state index in [9.17, 15) is 9.18 Å². The molecule has 0 radical (unpaired) electrons. The number of aromatic nitrogens is 2. The number of amides is 1. The van der Waals surface area contributed by atoms with Crippen molar-refractivity contribution in [3.05, 3.63) is 77.0 Å². The van der Waals surface area contributed by atoms with Gasteiger partial charge in [0.15, 0.2) is 5.83 Å². The minimum Gasteiger partial charge on any atom is -0.459 e. The van der Waals surface area contributed by atoms with Crippen molar-refractivity contribution in [3.63, 3.8) is 0 Å². The zero-order valence-corrected chi connectivity index (χ0v) is 26.5. The van der Waals surface area contributed by atoms with Crippen molar-refractivity contribution in [2.24, 2.45) is 5.92 Å². The van der Waals surface area contributed by atoms with Gasteiger partial charge >= 0.3 is 6.01 Å². The molecule has 6 rings (SSSR count). The van der Waals surface area contributed by atoms with Crippen molar-refractivity contribution in [2.45, 2.75) is 51.8 Å². The molecule has 0 unspecified atom stereocenters. The van der Waals surface area contributed by atoms with Gasteiger partial charge in [-0.05, 0) is 63.1 Å². The molecule has 3 aliphatic rings. The Bertz CT molecular complexity index is 1630. The fraction of sp³-hybridized carbons (Fsp3) is 0.486. The van der Waals surface area contributed by atoms with Crippen LogP contribution in [-0.4, -0.2) is 90.7 Å². The summed E-state index contributed by atoms with van der Waals surface area (Å²) in [5, 5.41) is 2.46. The number of anilines is 2. The molecule has 2 fully saturated rings. The third kappa shape index (κ3) is 6.74. The first-order valence-electron chi connectivity index (χ1n) is 15.9. The summed E-state index contributed by atoms with van der Waals surface area (Å²) in [4.78, 5) is 34.3. The van der Waals surface area contributed by atoms with E-state index in [4.69, 9.17) is 21.3 Å². The predicted octanol–water partition coefficient (Wildman–Crippen LogP) is 5.03. The van der Waals surface area contributed by atoms with E-state index in [1.807, 2.05) is 0 Å². The van der Waals surface area contributed by atoms with Crippen LogP contribution in [0.25, 0.3) is 15.6 Å². The molecule has 3 aromatic rings. The number of nitrogens with zero attached hydrogens (tertiary/aromatic N) is 7. The highest BCUT2D eigenvalue weighted by Crippen LogP contribution is 2.36. The third-order valence-electron chi connectivity index (χ3n) is 9.17. The number of ether oxygens (including phenoxy) is 1. The lowest BCUT2D eigenvalue weighted by Gasteiger charge is -2.41. The van der Waals surface area contributed by atoms with Crippen LogP contribution in [0.4, 0.5) is 15.9 Å². The molecule has 9 nitrogen and oxygen atoms in total. The van der Waals surface area contributed by atoms with Crippen molar-refractivity contribution >= 4 is 28.2 Å². The summed E-state index contributed by atoms with van der Waals surface area (Å²) in [5.41, 5.74) is 4.40. The fourth-order valence-corrected chi connectivity index (χ4v) is 6.88. The van der Waals surface area contributed by atoms with Crippen molar-refractivity contribution < 1.29 is 13.9 Å². The average molecular weight is 612 g/mol. The number of fused-ring (bicyclic) bond motifs is 2. The van der Waals surface area contributed by atoms with Crippen LogP contribution in [0.1, 0.15) is 36.6 Å². The molecule has 2 aromatic carbocycles. The Morgan fingerprint density at radius 1 is 1.18 bits per heavy atom. The van der Waals surface area contributed by atoms with Gasteiger partial charge in [-0.2, -0.15) is 9.97 Å². The number of likely N-dealkylation sites (N-methyl/N-ethyl adjacent to an activating group) is 1. The lowest BCUT2D eigenvalue weighted by Crippen LogP contribution is -2.57. The Labute approximate surface area is 265 Å². The van der Waals surface area contributed by atoms with E-state index in [-0.39, 0.29) is 19.2 Å². The van der Waals surface area contributed by atoms with E-state index < -0.39 is 17.8 Å². The zero-order valence-electron chi connectivity index (χ0n) is 26.5. The molecule has 3 heterocycles. The van der Waals surface area contributed by atoms with Gasteiger partial charge in [-0.3, -0.25) is 4.79 Å². The van der Waals surface area contributed by atoms with Crippen LogP contribution in [0.15, 0.2) is 48.8 Å². The van der Waals surface area contributed by atoms with Gasteiger partial charge in [-0.25, -0.2) is 11.0 Å². The van der Waals surface area contributed by atoms with Crippen LogP contribution < -0.4 is 14.5 Å². The number of halogens is 1. The largest absolute Gasteiger partial charge is 0.459 e. The Hall–Kier alpha value is -4.23. The van der Waals surface area contributed by atoms with Crippen molar-refractivity contribution in [3.8, 4) is 6.01 Å². The van der Waals surface area contributed by atoms with Crippen LogP contribution in [0, 0.1) is 19.4 Å². The number of hydrogen-bond acceptors (Lipinski definition) is 7. The van der Waals surface area contributed by atoms with Gasteiger partial charge in [0.05, 0.1) is 12.2 Å². The molecule has 0 spiro atoms. The monoisotopic (exact) mass is 611 g/mol. The van der Waals surface area contributed by atoms with Crippen LogP contribution >= 0.6 is 0 Å². The first-order valence-corrected chi connectivity index (χ1v) is 15.9. The van der Waals surface area contributed by atoms with Gasteiger partial charge in [0.2, 0.25) is 6.54 Å². The zero-order chi connectivity index (χ0) is 31.7. The van der Waals surface area contributed by atoms with Gasteiger partial charge in [-0.15, -0.1) is 0 Å². The van der Waals surface area contributed by atoms with Gasteiger partial charge in [0.1, 0.15) is 18.0 Å². The summed E-state index contributed by atoms with van der Waals surface area (Å²) in [6.45, 7) is 19.3. The Morgan fingerprint density at radius 2 is 1.96 bits per heavy atom. The van der Waals surface area contributed by atoms with Crippen LogP contribution in [-0.2, 0) is 17.8 Å². The molecular weight excluding hydrogens is 569 g/mol. The van der Waals surface area contributed by atoms with E-state index >= 15 is 0 Å². The Morgan fingerprint density at radius 3 is 2.69 bits per heavy atom. The second-order valence-electron chi connectivity index (χ2n) is 12.8. The maximum atomic E-state index is 13.9. The van der Waals surface area contributed by atoms with Crippen LogP contribution in [0.5, 0.6) is 6.01 Å². The number of piperazine rings is 1. The standard InChI is InChI=1S/C35H42FN7O2/c1-23-8-6-9-27-10-7-11-31(32(23)27)41-15-14-29-30(22-41)38-35(45-24(2)19-40(5)20-26-12-13-26)39-33(29)42-16-17-43(34(44)25(3)36)28(21-42)18-37-4/h6-11,24,26,28H,3,12-22H2,1-2,5H3/t24-,28+/m1/s1. The SMILES string of the molecule is [C-]#[N+]C[C@H]1CN(c2nc(O[C@H](C)CN(C)CC3CC3)nc3c2CCN(c2cccc4cccc(C)c24)C3)CCN1C(=O)C(=C)F. The highest BCUT2D eigenvalue weighted by atomic mass is 19.1. The molecule has 0 bridgehead atoms. The molecule has 1 aromatic heterocycles. The second-order valence-corrected chi connectivity index (χ2v) is 12.8. The highest BCUT2D eigenvalue weighted by molar-refractivity contribution is 5.97. The lowest BCUT2D eigenvalue weighted by molar-refractivity contribution is -0.131. The first-order chi connectivity index (χ1) is 21.7. The number of carbonyl (C=O) groups is 1. The van der Waals surface area contributed by atoms with Crippen molar-refractivity contribution in [1.82, 2.24) is 19.8 Å². The molecule has 1 amide bonds. The molecule has 1 saturated carbocycles. The first kappa shape index (κ1) is 30.8. The number of aryl methyl sites for hydroxylation is 1. The number of rotatable bonds is 10. The van der Waals surface area contributed by atoms with Gasteiger partial charge in [0.25, 0.3) is 5.91 Å². The molecule has 1 saturated heterocycles. The summed E-state index contributed by atoms with van der Waals surface area (Å²) in [6, 6.07) is 12.7. The minimum atomic E-state index is -1.00. The molecule has 236 valence electrons. The van der Waals surface area contributed by atoms with Crippen molar-refractivity contribution in [1.29, 1.82) is 0 Å². The summed E-state index contributed by atoms with van der Waals surface area (Å²) < 4.78 is 20.2. The van der Waals surface area contributed by atoms with Crippen molar-refractivity contribution in [2.75, 3.05) is 62.7 Å². The quantitative estimate of drug-likeness (QED) is 0.235. The van der Waals surface area contributed by atoms with Crippen LogP contribution in [0.3, 0.4) is 0 Å². The number of benzene rings is 2. The molecule has 0 N–H and O–H groups in total. The second kappa shape index (κ2) is 13.0. The van der Waals surface area contributed by atoms with Crippen LogP contribution in [0.2, 0.25) is 0 Å². The van der Waals surface area contributed by atoms with Gasteiger partial charge < -0.3 is 29.2 Å². The molecule has 1 aliphatic carbocycles. The molecular formula is C35H42FN7O2. The number of hydrogen-bond donors (Lipinski definition) is 0. The molecule has 45 heavy (non-hydrogen) atoms. The molecule has 2 atom stereocenters. The van der Waals surface area contributed by atoms with Gasteiger partial charge in [-0.1, -0.05) is 36.9 Å². The third-order valence-corrected chi connectivity index (χ3v) is 9.17. The normalized spacial score (nSPS) is 18.9. The van der Waals surface area contributed by atoms with E-state index in [2.05, 4.69) is 83.4 Å². The van der Waals surface area contributed by atoms with E-state index in [1.54, 1.807) is 0 Å². The van der Waals surface area contributed by atoms with E-state index in [1.165, 1.54) is 39.8 Å². The number of carbonyl (C=O) groups excluding carboxylic acids is 1. The molecule has 2 aliphatic heterocycles. The maximum absolute atomic E-state index is 13.9. The lowest BCUT2D eigenvalue weighted by atomic mass is 9.99. The smallest absolute Gasteiger partial charge is 0.318 e. The Kier molecular flexibility index (Phi) is 8.90. The Balaban J connectivity index is 1.32. The van der Waals surface area contributed by atoms with E-state index in [0.29, 0.717) is 25.6 Å². The summed E-state index contributed by atoms with van der Waals surface area (Å²) in [7, 11) is 2.13. The average Bonchev–Trinajstić information content (AvgIpc) is 3.83. The summed E-state index contributed by atoms with van der Waals surface area (Å²) in [6.07, 6.45) is 3.23. The predicted molar refractivity (Wildman–Crippen MR) is 175 cm³/mol. The van der Waals surface area contributed by atoms with E-state index in [0.717, 1.165) is 49.0 Å². The summed E-state index contributed by atoms with van der Waals surface area (Å²) >= 11 is 0. The highest BCUT2D eigenvalue weighted by Gasteiger charge is 2.36. The topological polar surface area (TPSA) is 69.4 Å².